The highest BCUT2D eigenvalue weighted by molar-refractivity contribution is 6.36. The van der Waals surface area contributed by atoms with Crippen LogP contribution in [-0.2, 0) is 6.54 Å². The lowest BCUT2D eigenvalue weighted by atomic mass is 9.91. The van der Waals surface area contributed by atoms with E-state index in [0.717, 1.165) is 31.7 Å². The van der Waals surface area contributed by atoms with Crippen LogP contribution in [0.15, 0.2) is 30.6 Å². The summed E-state index contributed by atoms with van der Waals surface area (Å²) in [6.45, 7) is 0.520. The standard InChI is InChI=1S/C19H15Cl2FN6O/c20-10-4-5-13(14(21)6-10)19(29)28-12-2-1-3-15(28)17-25-26-18(27(17)9-12)16-23-7-11(22)8-24-16/h4-8,12,15H,1-3,9H2. The van der Waals surface area contributed by atoms with Gasteiger partial charge in [0.05, 0.1) is 35.1 Å². The third kappa shape index (κ3) is 3.07. The molecule has 2 unspecified atom stereocenters. The van der Waals surface area contributed by atoms with E-state index in [-0.39, 0.29) is 18.0 Å². The smallest absolute Gasteiger partial charge is 0.256 e. The number of fused-ring (bicyclic) bond motifs is 4. The maximum atomic E-state index is 13.3. The molecule has 148 valence electrons. The number of nitrogens with zero attached hydrogens (tertiary/aromatic N) is 6. The molecule has 0 saturated carbocycles. The minimum atomic E-state index is -0.513. The number of benzene rings is 1. The van der Waals surface area contributed by atoms with Crippen molar-refractivity contribution in [1.29, 1.82) is 0 Å². The van der Waals surface area contributed by atoms with Gasteiger partial charge in [0.15, 0.2) is 17.5 Å². The number of rotatable bonds is 2. The van der Waals surface area contributed by atoms with E-state index < -0.39 is 5.82 Å². The summed E-state index contributed by atoms with van der Waals surface area (Å²) in [4.78, 5) is 23.3. The molecular weight excluding hydrogens is 418 g/mol. The van der Waals surface area contributed by atoms with Gasteiger partial charge in [-0.05, 0) is 37.5 Å². The first kappa shape index (κ1) is 18.4. The third-order valence-electron chi connectivity index (χ3n) is 5.43. The summed E-state index contributed by atoms with van der Waals surface area (Å²) in [6.07, 6.45) is 4.82. The molecule has 1 fully saturated rings. The minimum Gasteiger partial charge on any atom is -0.324 e. The number of amides is 1. The molecule has 2 aliphatic rings. The lowest BCUT2D eigenvalue weighted by Crippen LogP contribution is -2.52. The Morgan fingerprint density at radius 2 is 1.93 bits per heavy atom. The van der Waals surface area contributed by atoms with Gasteiger partial charge in [-0.1, -0.05) is 23.2 Å². The zero-order valence-electron chi connectivity index (χ0n) is 15.1. The van der Waals surface area contributed by atoms with E-state index in [1.165, 1.54) is 0 Å². The highest BCUT2D eigenvalue weighted by atomic mass is 35.5. The fourth-order valence-corrected chi connectivity index (χ4v) is 4.66. The predicted octanol–water partition coefficient (Wildman–Crippen LogP) is 3.93. The maximum Gasteiger partial charge on any atom is 0.256 e. The molecule has 1 saturated heterocycles. The summed E-state index contributed by atoms with van der Waals surface area (Å²) in [5, 5.41) is 9.38. The summed E-state index contributed by atoms with van der Waals surface area (Å²) in [5.74, 6) is 0.815. The van der Waals surface area contributed by atoms with Gasteiger partial charge in [0.2, 0.25) is 5.82 Å². The highest BCUT2D eigenvalue weighted by Crippen LogP contribution is 2.41. The van der Waals surface area contributed by atoms with Crippen molar-refractivity contribution < 1.29 is 9.18 Å². The van der Waals surface area contributed by atoms with Crippen LogP contribution in [0.25, 0.3) is 11.6 Å². The van der Waals surface area contributed by atoms with Crippen molar-refractivity contribution in [3.63, 3.8) is 0 Å². The van der Waals surface area contributed by atoms with Crippen LogP contribution in [0, 0.1) is 5.82 Å². The molecule has 0 spiro atoms. The first-order valence-electron chi connectivity index (χ1n) is 9.21. The van der Waals surface area contributed by atoms with Crippen molar-refractivity contribution in [3.8, 4) is 11.6 Å². The van der Waals surface area contributed by atoms with Crippen LogP contribution in [0.1, 0.15) is 41.5 Å². The van der Waals surface area contributed by atoms with Crippen LogP contribution in [0.3, 0.4) is 0 Å². The van der Waals surface area contributed by atoms with Gasteiger partial charge in [0.1, 0.15) is 0 Å². The SMILES string of the molecule is O=C(c1ccc(Cl)cc1Cl)N1C2CCCC1c1nnc(-c3ncc(F)cn3)n1C2. The molecule has 0 N–H and O–H groups in total. The van der Waals surface area contributed by atoms with Crippen LogP contribution in [0.2, 0.25) is 10.0 Å². The number of carbonyl (C=O) groups is 1. The molecule has 0 aliphatic carbocycles. The van der Waals surface area contributed by atoms with Crippen LogP contribution in [0.5, 0.6) is 0 Å². The fourth-order valence-electron chi connectivity index (χ4n) is 4.17. The second kappa shape index (κ2) is 7.03. The molecule has 5 rings (SSSR count). The summed E-state index contributed by atoms with van der Waals surface area (Å²) < 4.78 is 15.1. The maximum absolute atomic E-state index is 13.3. The molecule has 0 radical (unpaired) electrons. The Labute approximate surface area is 175 Å². The molecule has 7 nitrogen and oxygen atoms in total. The Morgan fingerprint density at radius 3 is 2.69 bits per heavy atom. The Morgan fingerprint density at radius 1 is 1.14 bits per heavy atom. The number of carbonyl (C=O) groups excluding carboxylic acids is 1. The largest absolute Gasteiger partial charge is 0.324 e. The van der Waals surface area contributed by atoms with Gasteiger partial charge >= 0.3 is 0 Å². The molecule has 4 heterocycles. The first-order valence-corrected chi connectivity index (χ1v) is 9.97. The van der Waals surface area contributed by atoms with E-state index >= 15 is 0 Å². The molecule has 2 atom stereocenters. The van der Waals surface area contributed by atoms with Gasteiger partial charge in [-0.15, -0.1) is 10.2 Å². The van der Waals surface area contributed by atoms with Gasteiger partial charge < -0.3 is 9.47 Å². The third-order valence-corrected chi connectivity index (χ3v) is 5.98. The topological polar surface area (TPSA) is 76.8 Å². The van der Waals surface area contributed by atoms with Crippen molar-refractivity contribution in [2.24, 2.45) is 0 Å². The lowest BCUT2D eigenvalue weighted by molar-refractivity contribution is 0.0289. The summed E-state index contributed by atoms with van der Waals surface area (Å²) in [6, 6.07) is 4.63. The van der Waals surface area contributed by atoms with E-state index in [2.05, 4.69) is 20.2 Å². The van der Waals surface area contributed by atoms with Gasteiger partial charge in [0, 0.05) is 11.6 Å². The molecule has 3 aromatic rings. The minimum absolute atomic E-state index is 0.0318. The molecular formula is C19H15Cl2FN6O. The normalized spacial score (nSPS) is 20.4. The van der Waals surface area contributed by atoms with Gasteiger partial charge in [-0.2, -0.15) is 0 Å². The quantitative estimate of drug-likeness (QED) is 0.612. The summed E-state index contributed by atoms with van der Waals surface area (Å²) in [7, 11) is 0. The van der Waals surface area contributed by atoms with E-state index in [9.17, 15) is 9.18 Å². The zero-order valence-corrected chi connectivity index (χ0v) is 16.6. The number of hydrogen-bond acceptors (Lipinski definition) is 5. The van der Waals surface area contributed by atoms with Crippen molar-refractivity contribution >= 4 is 29.1 Å². The van der Waals surface area contributed by atoms with Crippen LogP contribution >= 0.6 is 23.2 Å². The number of piperidine rings is 1. The fraction of sp³-hybridized carbons (Fsp3) is 0.316. The molecule has 1 amide bonds. The first-order chi connectivity index (χ1) is 14.0. The van der Waals surface area contributed by atoms with E-state index in [4.69, 9.17) is 23.2 Å². The molecule has 2 aliphatic heterocycles. The Balaban J connectivity index is 1.54. The van der Waals surface area contributed by atoms with Gasteiger partial charge in [-0.25, -0.2) is 14.4 Å². The zero-order chi connectivity index (χ0) is 20.1. The average Bonchev–Trinajstić information content (AvgIpc) is 3.11. The molecule has 2 bridgehead atoms. The van der Waals surface area contributed by atoms with Crippen molar-refractivity contribution in [2.75, 3.05) is 0 Å². The van der Waals surface area contributed by atoms with Crippen molar-refractivity contribution in [3.05, 3.63) is 57.8 Å². The van der Waals surface area contributed by atoms with E-state index in [0.29, 0.717) is 39.6 Å². The highest BCUT2D eigenvalue weighted by Gasteiger charge is 2.43. The Bertz CT molecular complexity index is 1100. The molecule has 10 heteroatoms. The van der Waals surface area contributed by atoms with Crippen molar-refractivity contribution in [2.45, 2.75) is 37.9 Å². The average molecular weight is 433 g/mol. The molecule has 2 aromatic heterocycles. The van der Waals surface area contributed by atoms with E-state index in [1.54, 1.807) is 18.2 Å². The Kier molecular flexibility index (Phi) is 4.48. The molecule has 1 aromatic carbocycles. The predicted molar refractivity (Wildman–Crippen MR) is 104 cm³/mol. The van der Waals surface area contributed by atoms with E-state index in [1.807, 2.05) is 9.47 Å². The summed E-state index contributed by atoms with van der Waals surface area (Å²) >= 11 is 12.3. The van der Waals surface area contributed by atoms with Crippen LogP contribution in [-0.4, -0.2) is 41.6 Å². The van der Waals surface area contributed by atoms with Crippen molar-refractivity contribution in [1.82, 2.24) is 29.6 Å². The monoisotopic (exact) mass is 432 g/mol. The second-order valence-corrected chi connectivity index (χ2v) is 8.00. The number of hydrogen-bond donors (Lipinski definition) is 0. The number of aromatic nitrogens is 5. The summed E-state index contributed by atoms with van der Waals surface area (Å²) in [5.41, 5.74) is 0.419. The van der Waals surface area contributed by atoms with Gasteiger partial charge in [0.25, 0.3) is 5.91 Å². The van der Waals surface area contributed by atoms with Crippen LogP contribution < -0.4 is 0 Å². The Hall–Kier alpha value is -2.58. The number of halogens is 3. The van der Waals surface area contributed by atoms with Gasteiger partial charge in [-0.3, -0.25) is 4.79 Å². The lowest BCUT2D eigenvalue weighted by Gasteiger charge is -2.45. The van der Waals surface area contributed by atoms with Crippen LogP contribution in [0.4, 0.5) is 4.39 Å². The molecule has 29 heavy (non-hydrogen) atoms. The second-order valence-electron chi connectivity index (χ2n) is 7.15.